The Bertz CT molecular complexity index is 1460. The van der Waals surface area contributed by atoms with E-state index in [4.69, 9.17) is 14.5 Å². The molecule has 11 heteroatoms. The summed E-state index contributed by atoms with van der Waals surface area (Å²) >= 11 is 0. The van der Waals surface area contributed by atoms with Crippen molar-refractivity contribution in [3.63, 3.8) is 0 Å². The number of nitrogens with zero attached hydrogens (tertiary/aromatic N) is 4. The van der Waals surface area contributed by atoms with Crippen molar-refractivity contribution in [1.82, 2.24) is 15.0 Å². The Labute approximate surface area is 222 Å². The minimum absolute atomic E-state index is 0.0205. The van der Waals surface area contributed by atoms with E-state index in [1.807, 2.05) is 43.6 Å². The highest BCUT2D eigenvalue weighted by molar-refractivity contribution is 7.90. The molecule has 200 valence electrons. The fourth-order valence-corrected chi connectivity index (χ4v) is 7.31. The third kappa shape index (κ3) is 5.12. The largest absolute Gasteiger partial charge is 0.474 e. The van der Waals surface area contributed by atoms with Crippen molar-refractivity contribution in [2.75, 3.05) is 54.2 Å². The van der Waals surface area contributed by atoms with Gasteiger partial charge in [-0.15, -0.1) is 0 Å². The van der Waals surface area contributed by atoms with Crippen molar-refractivity contribution >= 4 is 32.8 Å². The molecule has 3 aliphatic heterocycles. The molecule has 0 unspecified atom stereocenters. The van der Waals surface area contributed by atoms with Crippen LogP contribution in [0.2, 0.25) is 0 Å². The van der Waals surface area contributed by atoms with Crippen LogP contribution in [-0.2, 0) is 33.3 Å². The van der Waals surface area contributed by atoms with Crippen molar-refractivity contribution in [3.05, 3.63) is 59.0 Å². The maximum absolute atomic E-state index is 12.6. The number of ether oxygens (including phenoxy) is 2. The van der Waals surface area contributed by atoms with Gasteiger partial charge in [-0.1, -0.05) is 19.1 Å². The number of benzene rings is 1. The molecule has 2 aromatic heterocycles. The van der Waals surface area contributed by atoms with Gasteiger partial charge in [-0.25, -0.2) is 23.4 Å². The number of aromatic nitrogens is 3. The summed E-state index contributed by atoms with van der Waals surface area (Å²) in [6.07, 6.45) is 4.63. The van der Waals surface area contributed by atoms with Crippen LogP contribution in [0.4, 0.5) is 23.0 Å². The predicted molar refractivity (Wildman–Crippen MR) is 146 cm³/mol. The van der Waals surface area contributed by atoms with Gasteiger partial charge in [0.1, 0.15) is 12.3 Å². The summed E-state index contributed by atoms with van der Waals surface area (Å²) in [5, 5.41) is 6.67. The molecule has 2 N–H and O–H groups in total. The minimum Gasteiger partial charge on any atom is -0.474 e. The highest BCUT2D eigenvalue weighted by Crippen LogP contribution is 2.36. The van der Waals surface area contributed by atoms with E-state index in [-0.39, 0.29) is 16.9 Å². The SMILES string of the molecule is Cc1c(N2CCc3cnc(Nc4ccc(CS(=O)(=O)CC5(C)COC5)cc4)nc3C2)cnc2c1NCCO2. The Kier molecular flexibility index (Phi) is 6.35. The van der Waals surface area contributed by atoms with Gasteiger partial charge < -0.3 is 25.0 Å². The van der Waals surface area contributed by atoms with Gasteiger partial charge in [0.25, 0.3) is 0 Å². The highest BCUT2D eigenvalue weighted by Gasteiger charge is 2.38. The summed E-state index contributed by atoms with van der Waals surface area (Å²) in [6, 6.07) is 7.41. The molecular weight excluding hydrogens is 504 g/mol. The standard InChI is InChI=1S/C27H32N6O4S/c1-18-23(12-29-25-24(18)28-8-10-37-25)33-9-7-20-11-30-26(32-22(20)13-33)31-21-5-3-19(4-6-21)14-38(34,35)17-27(2)15-36-16-27/h3-6,11-12,28H,7-10,13-17H2,1-2H3,(H,30,31,32). The molecular formula is C27H32N6O4S. The molecule has 0 spiro atoms. The highest BCUT2D eigenvalue weighted by atomic mass is 32.2. The van der Waals surface area contributed by atoms with Gasteiger partial charge in [0.05, 0.1) is 48.8 Å². The van der Waals surface area contributed by atoms with E-state index in [2.05, 4.69) is 32.4 Å². The van der Waals surface area contributed by atoms with E-state index < -0.39 is 9.84 Å². The van der Waals surface area contributed by atoms with Crippen molar-refractivity contribution in [2.45, 2.75) is 32.6 Å². The Morgan fingerprint density at radius 2 is 1.97 bits per heavy atom. The van der Waals surface area contributed by atoms with Crippen LogP contribution in [0.25, 0.3) is 0 Å². The normalized spacial score (nSPS) is 17.9. The number of anilines is 4. The van der Waals surface area contributed by atoms with Crippen LogP contribution < -0.4 is 20.3 Å². The van der Waals surface area contributed by atoms with E-state index in [1.165, 1.54) is 0 Å². The smallest absolute Gasteiger partial charge is 0.237 e. The van der Waals surface area contributed by atoms with Crippen molar-refractivity contribution < 1.29 is 17.9 Å². The third-order valence-corrected chi connectivity index (χ3v) is 9.18. The van der Waals surface area contributed by atoms with Crippen LogP contribution in [0.3, 0.4) is 0 Å². The van der Waals surface area contributed by atoms with Crippen LogP contribution >= 0.6 is 0 Å². The number of hydrogen-bond acceptors (Lipinski definition) is 10. The lowest BCUT2D eigenvalue weighted by Gasteiger charge is -2.37. The van der Waals surface area contributed by atoms with Crippen LogP contribution in [0, 0.1) is 12.3 Å². The van der Waals surface area contributed by atoms with Crippen LogP contribution in [0.5, 0.6) is 5.88 Å². The second-order valence-electron chi connectivity index (χ2n) is 10.7. The van der Waals surface area contributed by atoms with Gasteiger partial charge >= 0.3 is 0 Å². The molecule has 0 atom stereocenters. The first kappa shape index (κ1) is 24.9. The zero-order valence-electron chi connectivity index (χ0n) is 21.7. The Balaban J connectivity index is 1.13. The van der Waals surface area contributed by atoms with Crippen LogP contribution in [0.15, 0.2) is 36.7 Å². The van der Waals surface area contributed by atoms with Gasteiger partial charge in [-0.05, 0) is 36.6 Å². The first-order valence-corrected chi connectivity index (χ1v) is 14.7. The van der Waals surface area contributed by atoms with E-state index in [9.17, 15) is 8.42 Å². The lowest BCUT2D eigenvalue weighted by molar-refractivity contribution is -0.0870. The van der Waals surface area contributed by atoms with E-state index in [0.29, 0.717) is 38.2 Å². The monoisotopic (exact) mass is 536 g/mol. The molecule has 0 bridgehead atoms. The number of sulfone groups is 1. The molecule has 0 aliphatic carbocycles. The lowest BCUT2D eigenvalue weighted by Crippen LogP contribution is -2.45. The summed E-state index contributed by atoms with van der Waals surface area (Å²) in [7, 11) is -3.22. The summed E-state index contributed by atoms with van der Waals surface area (Å²) in [4.78, 5) is 16.1. The van der Waals surface area contributed by atoms with Crippen LogP contribution in [0.1, 0.15) is 29.3 Å². The number of fused-ring (bicyclic) bond motifs is 2. The molecule has 0 saturated carbocycles. The van der Waals surface area contributed by atoms with Crippen LogP contribution in [-0.4, -0.2) is 62.0 Å². The molecule has 0 amide bonds. The lowest BCUT2D eigenvalue weighted by atomic mass is 9.92. The van der Waals surface area contributed by atoms with Gasteiger partial charge in [0, 0.05) is 36.0 Å². The molecule has 10 nitrogen and oxygen atoms in total. The van der Waals surface area contributed by atoms with Crippen molar-refractivity contribution in [2.24, 2.45) is 5.41 Å². The molecule has 1 aromatic carbocycles. The summed E-state index contributed by atoms with van der Waals surface area (Å²) in [6.45, 7) is 7.98. The quantitative estimate of drug-likeness (QED) is 0.466. The van der Waals surface area contributed by atoms with Gasteiger partial charge in [0.2, 0.25) is 11.8 Å². The number of nitrogens with one attached hydrogen (secondary N) is 2. The fraction of sp³-hybridized carbons (Fsp3) is 0.444. The minimum atomic E-state index is -3.22. The molecule has 6 rings (SSSR count). The Morgan fingerprint density at radius 3 is 2.74 bits per heavy atom. The third-order valence-electron chi connectivity index (χ3n) is 7.27. The summed E-state index contributed by atoms with van der Waals surface area (Å²) < 4.78 is 36.1. The molecule has 3 aliphatic rings. The Morgan fingerprint density at radius 1 is 1.16 bits per heavy atom. The number of rotatable bonds is 7. The van der Waals surface area contributed by atoms with E-state index in [1.54, 1.807) is 0 Å². The average molecular weight is 537 g/mol. The first-order valence-electron chi connectivity index (χ1n) is 12.9. The van der Waals surface area contributed by atoms with Gasteiger partial charge in [-0.2, -0.15) is 0 Å². The predicted octanol–water partition coefficient (Wildman–Crippen LogP) is 3.24. The van der Waals surface area contributed by atoms with Gasteiger partial charge in [0.15, 0.2) is 9.84 Å². The average Bonchev–Trinajstić information content (AvgIpc) is 2.88. The fourth-order valence-electron chi connectivity index (χ4n) is 5.28. The topological polar surface area (TPSA) is 119 Å². The van der Waals surface area contributed by atoms with Crippen molar-refractivity contribution in [1.29, 1.82) is 0 Å². The maximum Gasteiger partial charge on any atom is 0.237 e. The van der Waals surface area contributed by atoms with Gasteiger partial charge in [-0.3, -0.25) is 0 Å². The number of pyridine rings is 1. The molecule has 5 heterocycles. The first-order chi connectivity index (χ1) is 18.3. The molecule has 0 radical (unpaired) electrons. The van der Waals surface area contributed by atoms with E-state index in [0.717, 1.165) is 59.0 Å². The second-order valence-corrected chi connectivity index (χ2v) is 12.8. The Hall–Kier alpha value is -3.44. The zero-order valence-corrected chi connectivity index (χ0v) is 22.5. The zero-order chi connectivity index (χ0) is 26.3. The molecule has 3 aromatic rings. The second kappa shape index (κ2) is 9.70. The maximum atomic E-state index is 12.6. The summed E-state index contributed by atoms with van der Waals surface area (Å²) in [5.41, 5.74) is 6.59. The number of hydrogen-bond donors (Lipinski definition) is 2. The van der Waals surface area contributed by atoms with Crippen molar-refractivity contribution in [3.8, 4) is 5.88 Å². The molecule has 1 fully saturated rings. The van der Waals surface area contributed by atoms with E-state index >= 15 is 0 Å². The molecule has 1 saturated heterocycles. The molecule has 38 heavy (non-hydrogen) atoms. The summed E-state index contributed by atoms with van der Waals surface area (Å²) in [5.74, 6) is 1.34.